The highest BCUT2D eigenvalue weighted by atomic mass is 32.1. The van der Waals surface area contributed by atoms with Crippen molar-refractivity contribution in [2.45, 2.75) is 0 Å². The summed E-state index contributed by atoms with van der Waals surface area (Å²) >= 11 is 1.87. The van der Waals surface area contributed by atoms with Gasteiger partial charge in [-0.2, -0.15) is 0 Å². The van der Waals surface area contributed by atoms with Gasteiger partial charge in [0.05, 0.1) is 0 Å². The third-order valence-electron chi connectivity index (χ3n) is 11.0. The summed E-state index contributed by atoms with van der Waals surface area (Å²) < 4.78 is 2.61. The molecule has 0 amide bonds. The number of hydrogen-bond donors (Lipinski definition) is 0. The van der Waals surface area contributed by atoms with E-state index in [0.29, 0.717) is 0 Å². The molecule has 0 unspecified atom stereocenters. The number of thiophene rings is 1. The van der Waals surface area contributed by atoms with Crippen molar-refractivity contribution in [2.24, 2.45) is 0 Å². The fourth-order valence-electron chi connectivity index (χ4n) is 8.46. The van der Waals surface area contributed by atoms with Gasteiger partial charge in [0, 0.05) is 37.2 Å². The fourth-order valence-corrected chi connectivity index (χ4v) is 9.62. The Morgan fingerprint density at radius 2 is 0.833 bits per heavy atom. The molecule has 0 aliphatic carbocycles. The molecule has 10 aromatic carbocycles. The second-order valence-electron chi connectivity index (χ2n) is 14.1. The molecular formula is C52H33NS. The van der Waals surface area contributed by atoms with E-state index in [9.17, 15) is 0 Å². The van der Waals surface area contributed by atoms with Gasteiger partial charge in [0.15, 0.2) is 0 Å². The molecule has 1 heterocycles. The van der Waals surface area contributed by atoms with Crippen LogP contribution in [0.3, 0.4) is 0 Å². The Morgan fingerprint density at radius 3 is 1.56 bits per heavy atom. The van der Waals surface area contributed by atoms with Crippen LogP contribution in [0, 0.1) is 0 Å². The molecule has 0 bridgehead atoms. The van der Waals surface area contributed by atoms with E-state index in [1.54, 1.807) is 0 Å². The van der Waals surface area contributed by atoms with Crippen molar-refractivity contribution in [3.05, 3.63) is 200 Å². The average molecular weight is 704 g/mol. The van der Waals surface area contributed by atoms with E-state index >= 15 is 0 Å². The molecule has 0 N–H and O–H groups in total. The molecule has 11 rings (SSSR count). The summed E-state index contributed by atoms with van der Waals surface area (Å²) in [6.07, 6.45) is 0. The maximum atomic E-state index is 2.39. The molecule has 0 atom stereocenters. The van der Waals surface area contributed by atoms with Crippen LogP contribution in [0.25, 0.3) is 85.5 Å². The smallest absolute Gasteiger partial charge is 0.0476 e. The topological polar surface area (TPSA) is 3.24 Å². The molecule has 11 aromatic rings. The van der Waals surface area contributed by atoms with Gasteiger partial charge in [0.25, 0.3) is 0 Å². The summed E-state index contributed by atoms with van der Waals surface area (Å²) in [5, 5.41) is 12.9. The molecule has 54 heavy (non-hydrogen) atoms. The number of nitrogens with zero attached hydrogens (tertiary/aromatic N) is 1. The Hall–Kier alpha value is -6.74. The fraction of sp³-hybridized carbons (Fsp3) is 0. The Morgan fingerprint density at radius 1 is 0.296 bits per heavy atom. The first kappa shape index (κ1) is 30.8. The number of hydrogen-bond acceptors (Lipinski definition) is 2. The summed E-state index contributed by atoms with van der Waals surface area (Å²) in [6, 6.07) is 73.4. The summed E-state index contributed by atoms with van der Waals surface area (Å²) in [4.78, 5) is 2.39. The van der Waals surface area contributed by atoms with Crippen LogP contribution in [0.5, 0.6) is 0 Å². The molecule has 0 spiro atoms. The Kier molecular flexibility index (Phi) is 7.11. The molecule has 2 heteroatoms. The van der Waals surface area contributed by atoms with Gasteiger partial charge in [-0.1, -0.05) is 152 Å². The summed E-state index contributed by atoms with van der Waals surface area (Å²) in [7, 11) is 0. The Balaban J connectivity index is 1.06. The molecule has 252 valence electrons. The molecular weight excluding hydrogens is 671 g/mol. The van der Waals surface area contributed by atoms with Crippen LogP contribution in [0.15, 0.2) is 200 Å². The largest absolute Gasteiger partial charge is 0.310 e. The van der Waals surface area contributed by atoms with Crippen LogP contribution < -0.4 is 4.90 Å². The van der Waals surface area contributed by atoms with Gasteiger partial charge in [-0.3, -0.25) is 0 Å². The minimum absolute atomic E-state index is 1.12. The highest BCUT2D eigenvalue weighted by molar-refractivity contribution is 7.26. The van der Waals surface area contributed by atoms with Gasteiger partial charge in [-0.25, -0.2) is 0 Å². The minimum Gasteiger partial charge on any atom is -0.310 e. The highest BCUT2D eigenvalue weighted by Crippen LogP contribution is 2.44. The average Bonchev–Trinajstić information content (AvgIpc) is 3.63. The van der Waals surface area contributed by atoms with Gasteiger partial charge in [0.1, 0.15) is 0 Å². The second kappa shape index (κ2) is 12.4. The molecule has 0 aliphatic rings. The zero-order valence-electron chi connectivity index (χ0n) is 29.4. The van der Waals surface area contributed by atoms with E-state index in [1.807, 2.05) is 11.3 Å². The third kappa shape index (κ3) is 4.99. The molecule has 1 nitrogen and oxygen atoms in total. The van der Waals surface area contributed by atoms with Crippen LogP contribution in [-0.4, -0.2) is 0 Å². The van der Waals surface area contributed by atoms with Crippen LogP contribution in [0.2, 0.25) is 0 Å². The molecule has 0 saturated heterocycles. The number of anilines is 3. The first-order valence-corrected chi connectivity index (χ1v) is 19.3. The van der Waals surface area contributed by atoms with E-state index in [1.165, 1.54) is 85.5 Å². The third-order valence-corrected chi connectivity index (χ3v) is 12.1. The quantitative estimate of drug-likeness (QED) is 0.161. The van der Waals surface area contributed by atoms with Crippen molar-refractivity contribution in [3.8, 4) is 22.3 Å². The second-order valence-corrected chi connectivity index (χ2v) is 15.2. The van der Waals surface area contributed by atoms with E-state index in [0.717, 1.165) is 17.1 Å². The van der Waals surface area contributed by atoms with E-state index in [4.69, 9.17) is 0 Å². The van der Waals surface area contributed by atoms with Crippen molar-refractivity contribution >= 4 is 91.7 Å². The van der Waals surface area contributed by atoms with Gasteiger partial charge >= 0.3 is 0 Å². The van der Waals surface area contributed by atoms with Gasteiger partial charge < -0.3 is 4.90 Å². The van der Waals surface area contributed by atoms with E-state index < -0.39 is 0 Å². The Labute approximate surface area is 317 Å². The number of rotatable bonds is 5. The van der Waals surface area contributed by atoms with Gasteiger partial charge in [0.2, 0.25) is 0 Å². The lowest BCUT2D eigenvalue weighted by molar-refractivity contribution is 1.29. The van der Waals surface area contributed by atoms with E-state index in [-0.39, 0.29) is 0 Å². The van der Waals surface area contributed by atoms with Gasteiger partial charge in [-0.15, -0.1) is 11.3 Å². The van der Waals surface area contributed by atoms with Crippen molar-refractivity contribution in [2.75, 3.05) is 4.90 Å². The highest BCUT2D eigenvalue weighted by Gasteiger charge is 2.17. The summed E-state index contributed by atoms with van der Waals surface area (Å²) in [5.74, 6) is 0. The first-order chi connectivity index (χ1) is 26.8. The first-order valence-electron chi connectivity index (χ1n) is 18.5. The van der Waals surface area contributed by atoms with Gasteiger partial charge in [-0.05, 0) is 114 Å². The van der Waals surface area contributed by atoms with Crippen molar-refractivity contribution < 1.29 is 0 Å². The zero-order valence-corrected chi connectivity index (χ0v) is 30.2. The van der Waals surface area contributed by atoms with Crippen molar-refractivity contribution in [1.82, 2.24) is 0 Å². The number of fused-ring (bicyclic) bond motifs is 10. The Bertz CT molecular complexity index is 3190. The zero-order chi connectivity index (χ0) is 35.6. The summed E-state index contributed by atoms with van der Waals surface area (Å²) in [6.45, 7) is 0. The summed E-state index contributed by atoms with van der Waals surface area (Å²) in [5.41, 5.74) is 8.26. The van der Waals surface area contributed by atoms with Crippen molar-refractivity contribution in [1.29, 1.82) is 0 Å². The molecule has 0 saturated carbocycles. The maximum Gasteiger partial charge on any atom is 0.0476 e. The predicted molar refractivity (Wildman–Crippen MR) is 235 cm³/mol. The van der Waals surface area contributed by atoms with Crippen LogP contribution in [0.4, 0.5) is 17.1 Å². The molecule has 0 aliphatic heterocycles. The monoisotopic (exact) mass is 703 g/mol. The predicted octanol–water partition coefficient (Wildman–Crippen LogP) is 15.5. The van der Waals surface area contributed by atoms with E-state index in [2.05, 4.69) is 205 Å². The maximum absolute atomic E-state index is 2.39. The number of benzene rings is 10. The van der Waals surface area contributed by atoms with Crippen LogP contribution >= 0.6 is 11.3 Å². The lowest BCUT2D eigenvalue weighted by atomic mass is 9.91. The standard InChI is InChI=1S/C52H33NS/c1-2-10-34(11-3-1)35-20-25-40(26-21-35)53(42-29-30-47-50(33-42)54-49-31-24-37-13-5-7-15-44(37)52(47)49)41-27-22-38(23-28-41)48-32-39-19-18-36-12-4-6-14-43(36)51(39)46-17-9-8-16-45(46)48/h1-33H. The van der Waals surface area contributed by atoms with Crippen LogP contribution in [0.1, 0.15) is 0 Å². The lowest BCUT2D eigenvalue weighted by Gasteiger charge is -2.26. The normalized spacial score (nSPS) is 11.7. The lowest BCUT2D eigenvalue weighted by Crippen LogP contribution is -2.09. The molecule has 0 radical (unpaired) electrons. The molecule has 0 fully saturated rings. The molecule has 1 aromatic heterocycles. The SMILES string of the molecule is c1ccc(-c2ccc(N(c3ccc(-c4cc5ccc6ccccc6c5c5ccccc45)cc3)c3ccc4c(c3)sc3ccc5ccccc5c34)cc2)cc1. The van der Waals surface area contributed by atoms with Crippen molar-refractivity contribution in [3.63, 3.8) is 0 Å². The van der Waals surface area contributed by atoms with Crippen LogP contribution in [-0.2, 0) is 0 Å². The minimum atomic E-state index is 1.12.